The van der Waals surface area contributed by atoms with E-state index in [1.54, 1.807) is 12.0 Å². The van der Waals surface area contributed by atoms with Crippen LogP contribution in [-0.4, -0.2) is 46.4 Å². The van der Waals surface area contributed by atoms with Crippen molar-refractivity contribution in [3.05, 3.63) is 64.9 Å². The van der Waals surface area contributed by atoms with Gasteiger partial charge in [-0.1, -0.05) is 30.4 Å². The van der Waals surface area contributed by atoms with Gasteiger partial charge in [-0.05, 0) is 83.7 Å². The summed E-state index contributed by atoms with van der Waals surface area (Å²) in [7, 11) is 3.51. The van der Waals surface area contributed by atoms with Gasteiger partial charge in [-0.25, -0.2) is 4.68 Å². The summed E-state index contributed by atoms with van der Waals surface area (Å²) < 4.78 is 13.7. The number of para-hydroxylation sites is 1. The number of allylic oxidation sites excluding steroid dienone is 1. The normalized spacial score (nSPS) is 13.0. The molecular formula is C30H37N3O3. The summed E-state index contributed by atoms with van der Waals surface area (Å²) in [6.07, 6.45) is 5.60. The molecule has 1 aliphatic rings. The second-order valence-corrected chi connectivity index (χ2v) is 10.5. The fourth-order valence-electron chi connectivity index (χ4n) is 4.57. The molecule has 0 N–H and O–H groups in total. The summed E-state index contributed by atoms with van der Waals surface area (Å²) in [5.41, 5.74) is 6.23. The lowest BCUT2D eigenvalue weighted by atomic mass is 9.87. The van der Waals surface area contributed by atoms with Crippen molar-refractivity contribution in [3.8, 4) is 28.4 Å². The number of ether oxygens (including phenoxy) is 2. The fourth-order valence-corrected chi connectivity index (χ4v) is 4.57. The third-order valence-electron chi connectivity index (χ3n) is 6.66. The van der Waals surface area contributed by atoms with Crippen molar-refractivity contribution in [1.29, 1.82) is 0 Å². The molecule has 3 aromatic rings. The van der Waals surface area contributed by atoms with Gasteiger partial charge in [0, 0.05) is 23.7 Å². The van der Waals surface area contributed by atoms with Crippen molar-refractivity contribution in [3.63, 3.8) is 0 Å². The van der Waals surface area contributed by atoms with E-state index in [9.17, 15) is 4.79 Å². The number of aromatic nitrogens is 2. The number of fused-ring (bicyclic) bond motifs is 3. The highest BCUT2D eigenvalue weighted by Crippen LogP contribution is 2.43. The van der Waals surface area contributed by atoms with E-state index in [-0.39, 0.29) is 17.6 Å². The molecule has 6 nitrogen and oxygen atoms in total. The Morgan fingerprint density at radius 3 is 2.50 bits per heavy atom. The molecule has 0 bridgehead atoms. The molecule has 0 radical (unpaired) electrons. The Bertz CT molecular complexity index is 1310. The molecule has 0 spiro atoms. The number of hydrogen-bond acceptors (Lipinski definition) is 4. The van der Waals surface area contributed by atoms with E-state index in [1.165, 1.54) is 0 Å². The van der Waals surface area contributed by atoms with Gasteiger partial charge < -0.3 is 14.4 Å². The molecule has 0 unspecified atom stereocenters. The lowest BCUT2D eigenvalue weighted by Crippen LogP contribution is -2.43. The first-order chi connectivity index (χ1) is 17.1. The number of benzene rings is 2. The lowest BCUT2D eigenvalue weighted by Gasteiger charge is -2.31. The third-order valence-corrected chi connectivity index (χ3v) is 6.66. The van der Waals surface area contributed by atoms with Gasteiger partial charge in [0.15, 0.2) is 17.2 Å². The summed E-state index contributed by atoms with van der Waals surface area (Å²) in [5.74, 6) is 1.33. The lowest BCUT2D eigenvalue weighted by molar-refractivity contribution is 0.0648. The quantitative estimate of drug-likeness (QED) is 0.407. The van der Waals surface area contributed by atoms with Crippen molar-refractivity contribution in [2.45, 2.75) is 66.0 Å². The molecule has 1 heterocycles. The summed E-state index contributed by atoms with van der Waals surface area (Å²) in [4.78, 5) is 15.5. The first kappa shape index (κ1) is 25.5. The van der Waals surface area contributed by atoms with Crippen LogP contribution in [0.2, 0.25) is 0 Å². The SMILES string of the molecule is CC=Cc1ccccc1-n1nc(C(=O)N(C)C(C)(C)C)c2c1-c1cc(OC(C)C)c(OC)cc1CC2. The van der Waals surface area contributed by atoms with Crippen LogP contribution in [-0.2, 0) is 12.8 Å². The standard InChI is InChI=1S/C30H37N3O3/c1-9-12-20-13-10-11-14-24(20)33-28-22(27(31-33)29(34)32(7)30(4,5)6)16-15-21-17-25(35-8)26(18-23(21)28)36-19(2)3/h9-14,17-19H,15-16H2,1-8H3. The zero-order chi connectivity index (χ0) is 26.2. The van der Waals surface area contributed by atoms with Crippen molar-refractivity contribution in [2.75, 3.05) is 14.2 Å². The largest absolute Gasteiger partial charge is 0.493 e. The molecule has 0 atom stereocenters. The highest BCUT2D eigenvalue weighted by atomic mass is 16.5. The van der Waals surface area contributed by atoms with Crippen molar-refractivity contribution < 1.29 is 14.3 Å². The predicted molar refractivity (Wildman–Crippen MR) is 145 cm³/mol. The number of nitrogens with zero attached hydrogens (tertiary/aromatic N) is 3. The van der Waals surface area contributed by atoms with Gasteiger partial charge in [0.1, 0.15) is 0 Å². The van der Waals surface area contributed by atoms with Crippen molar-refractivity contribution in [2.24, 2.45) is 0 Å². The van der Waals surface area contributed by atoms with Crippen LogP contribution >= 0.6 is 0 Å². The monoisotopic (exact) mass is 487 g/mol. The summed E-state index contributed by atoms with van der Waals surface area (Å²) in [6, 6.07) is 12.2. The minimum absolute atomic E-state index is 0.00193. The van der Waals surface area contributed by atoms with Gasteiger partial charge in [-0.15, -0.1) is 0 Å². The van der Waals surface area contributed by atoms with Crippen LogP contribution in [0.5, 0.6) is 11.5 Å². The molecule has 0 fully saturated rings. The highest BCUT2D eigenvalue weighted by Gasteiger charge is 2.34. The number of carbonyl (C=O) groups excluding carboxylic acids is 1. The Labute approximate surface area is 214 Å². The Balaban J connectivity index is 2.02. The summed E-state index contributed by atoms with van der Waals surface area (Å²) in [6.45, 7) is 12.1. The highest BCUT2D eigenvalue weighted by molar-refractivity contribution is 5.97. The molecule has 0 aliphatic heterocycles. The van der Waals surface area contributed by atoms with Crippen molar-refractivity contribution in [1.82, 2.24) is 14.7 Å². The molecule has 1 aliphatic carbocycles. The summed E-state index contributed by atoms with van der Waals surface area (Å²) >= 11 is 0. The van der Waals surface area contributed by atoms with Crippen molar-refractivity contribution >= 4 is 12.0 Å². The molecular weight excluding hydrogens is 450 g/mol. The molecule has 190 valence electrons. The first-order valence-electron chi connectivity index (χ1n) is 12.6. The maximum atomic E-state index is 13.7. The number of amides is 1. The second kappa shape index (κ2) is 9.84. The van der Waals surface area contributed by atoms with Gasteiger partial charge >= 0.3 is 0 Å². The molecule has 4 rings (SSSR count). The van der Waals surface area contributed by atoms with Gasteiger partial charge in [-0.3, -0.25) is 4.79 Å². The zero-order valence-corrected chi connectivity index (χ0v) is 22.7. The Kier molecular flexibility index (Phi) is 6.98. The maximum Gasteiger partial charge on any atom is 0.274 e. The van der Waals surface area contributed by atoms with Gasteiger partial charge in [0.05, 0.1) is 24.6 Å². The number of carbonyl (C=O) groups is 1. The Morgan fingerprint density at radius 2 is 1.86 bits per heavy atom. The number of hydrogen-bond donors (Lipinski definition) is 0. The Morgan fingerprint density at radius 1 is 1.14 bits per heavy atom. The van der Waals surface area contributed by atoms with Gasteiger partial charge in [0.2, 0.25) is 0 Å². The third kappa shape index (κ3) is 4.64. The van der Waals surface area contributed by atoms with E-state index in [2.05, 4.69) is 18.2 Å². The molecule has 1 aromatic heterocycles. The topological polar surface area (TPSA) is 56.6 Å². The molecule has 36 heavy (non-hydrogen) atoms. The number of aryl methyl sites for hydroxylation is 1. The first-order valence-corrected chi connectivity index (χ1v) is 12.6. The smallest absolute Gasteiger partial charge is 0.274 e. The number of rotatable bonds is 6. The van der Waals surface area contributed by atoms with Crippen LogP contribution in [0.4, 0.5) is 0 Å². The fraction of sp³-hybridized carbons (Fsp3) is 0.400. The minimum atomic E-state index is -0.325. The van der Waals surface area contributed by atoms with E-state index in [4.69, 9.17) is 14.6 Å². The Hall–Kier alpha value is -3.54. The summed E-state index contributed by atoms with van der Waals surface area (Å²) in [5, 5.41) is 4.99. The van der Waals surface area contributed by atoms with E-state index in [1.807, 2.05) is 83.6 Å². The van der Waals surface area contributed by atoms with Crippen LogP contribution in [0.1, 0.15) is 68.7 Å². The van der Waals surface area contributed by atoms with Gasteiger partial charge in [0.25, 0.3) is 5.91 Å². The molecule has 6 heteroatoms. The molecule has 1 amide bonds. The second-order valence-electron chi connectivity index (χ2n) is 10.5. The average Bonchev–Trinajstić information content (AvgIpc) is 3.22. The minimum Gasteiger partial charge on any atom is -0.493 e. The van der Waals surface area contributed by atoms with Crippen LogP contribution in [0.15, 0.2) is 42.5 Å². The van der Waals surface area contributed by atoms with E-state index in [0.717, 1.165) is 52.2 Å². The average molecular weight is 488 g/mol. The van der Waals surface area contributed by atoms with Crippen LogP contribution in [0.25, 0.3) is 23.0 Å². The van der Waals surface area contributed by atoms with Crippen LogP contribution in [0.3, 0.4) is 0 Å². The molecule has 0 saturated carbocycles. The predicted octanol–water partition coefficient (Wildman–Crippen LogP) is 6.34. The van der Waals surface area contributed by atoms with E-state index >= 15 is 0 Å². The molecule has 0 saturated heterocycles. The van der Waals surface area contributed by atoms with E-state index in [0.29, 0.717) is 11.4 Å². The van der Waals surface area contributed by atoms with E-state index < -0.39 is 0 Å². The van der Waals surface area contributed by atoms with Crippen LogP contribution < -0.4 is 9.47 Å². The molecule has 2 aromatic carbocycles. The number of methoxy groups -OCH3 is 1. The van der Waals surface area contributed by atoms with Crippen LogP contribution in [0, 0.1) is 0 Å². The maximum absolute atomic E-state index is 13.7. The zero-order valence-electron chi connectivity index (χ0n) is 22.7. The van der Waals surface area contributed by atoms with Gasteiger partial charge in [-0.2, -0.15) is 5.10 Å².